The summed E-state index contributed by atoms with van der Waals surface area (Å²) in [6, 6.07) is -0.476. The van der Waals surface area contributed by atoms with Crippen molar-refractivity contribution in [1.29, 1.82) is 0 Å². The molecule has 19 heavy (non-hydrogen) atoms. The van der Waals surface area contributed by atoms with E-state index in [1.807, 2.05) is 0 Å². The maximum atomic E-state index is 12.4. The Morgan fingerprint density at radius 3 is 2.21 bits per heavy atom. The van der Waals surface area contributed by atoms with Crippen LogP contribution < -0.4 is 0 Å². The topological polar surface area (TPSA) is 91.8 Å². The highest BCUT2D eigenvalue weighted by atomic mass is 32.2. The van der Waals surface area contributed by atoms with Crippen LogP contribution in [0.3, 0.4) is 0 Å². The first-order valence-corrected chi connectivity index (χ1v) is 8.01. The molecule has 1 aliphatic heterocycles. The first kappa shape index (κ1) is 15.9. The minimum Gasteiger partial charge on any atom is -0.481 e. The van der Waals surface area contributed by atoms with E-state index in [2.05, 4.69) is 0 Å². The minimum atomic E-state index is -3.12. The summed E-state index contributed by atoms with van der Waals surface area (Å²) in [5, 5.41) is 9.23. The molecule has 0 aliphatic carbocycles. The van der Waals surface area contributed by atoms with Gasteiger partial charge in [0.1, 0.15) is 5.92 Å². The highest BCUT2D eigenvalue weighted by molar-refractivity contribution is 7.91. The Kier molecular flexibility index (Phi) is 4.29. The van der Waals surface area contributed by atoms with Gasteiger partial charge in [-0.05, 0) is 12.3 Å². The molecule has 2 unspecified atom stereocenters. The van der Waals surface area contributed by atoms with Gasteiger partial charge in [-0.2, -0.15) is 0 Å². The first-order valence-electron chi connectivity index (χ1n) is 6.19. The van der Waals surface area contributed by atoms with Crippen molar-refractivity contribution in [1.82, 2.24) is 4.90 Å². The van der Waals surface area contributed by atoms with Crippen molar-refractivity contribution < 1.29 is 23.1 Å². The van der Waals surface area contributed by atoms with Gasteiger partial charge in [-0.15, -0.1) is 0 Å². The lowest BCUT2D eigenvalue weighted by atomic mass is 9.79. The van der Waals surface area contributed by atoms with Crippen LogP contribution in [-0.4, -0.2) is 54.4 Å². The van der Waals surface area contributed by atoms with E-state index in [0.29, 0.717) is 0 Å². The van der Waals surface area contributed by atoms with Crippen molar-refractivity contribution >= 4 is 21.7 Å². The molecule has 1 N–H and O–H groups in total. The zero-order valence-electron chi connectivity index (χ0n) is 11.7. The molecule has 1 amide bonds. The van der Waals surface area contributed by atoms with E-state index >= 15 is 0 Å². The van der Waals surface area contributed by atoms with Gasteiger partial charge >= 0.3 is 5.97 Å². The lowest BCUT2D eigenvalue weighted by Crippen LogP contribution is -2.54. The number of hydrogen-bond acceptors (Lipinski definition) is 4. The molecule has 2 atom stereocenters. The first-order chi connectivity index (χ1) is 8.46. The van der Waals surface area contributed by atoms with E-state index in [1.165, 1.54) is 4.90 Å². The Morgan fingerprint density at radius 2 is 1.84 bits per heavy atom. The standard InChI is InChI=1S/C12H21NO5S/c1-8-7-19(17,18)6-5-13(8)10(14)9(11(15)16)12(2,3)4/h8-9H,5-7H2,1-4H3,(H,15,16). The Morgan fingerprint density at radius 1 is 1.32 bits per heavy atom. The summed E-state index contributed by atoms with van der Waals surface area (Å²) >= 11 is 0. The molecule has 0 bridgehead atoms. The van der Waals surface area contributed by atoms with Crippen molar-refractivity contribution in [3.05, 3.63) is 0 Å². The quantitative estimate of drug-likeness (QED) is 0.743. The van der Waals surface area contributed by atoms with Gasteiger partial charge in [-0.25, -0.2) is 8.42 Å². The lowest BCUT2D eigenvalue weighted by Gasteiger charge is -2.37. The number of carbonyl (C=O) groups is 2. The largest absolute Gasteiger partial charge is 0.481 e. The predicted molar refractivity (Wildman–Crippen MR) is 70.4 cm³/mol. The molecule has 0 radical (unpaired) electrons. The number of rotatable bonds is 2. The molecular weight excluding hydrogens is 270 g/mol. The maximum Gasteiger partial charge on any atom is 0.316 e. The fourth-order valence-corrected chi connectivity index (χ4v) is 3.89. The number of carboxylic acids is 1. The SMILES string of the molecule is CC1CS(=O)(=O)CCN1C(=O)C(C(=O)O)C(C)(C)C. The van der Waals surface area contributed by atoms with E-state index in [1.54, 1.807) is 27.7 Å². The van der Waals surface area contributed by atoms with E-state index < -0.39 is 39.1 Å². The smallest absolute Gasteiger partial charge is 0.316 e. The van der Waals surface area contributed by atoms with Crippen molar-refractivity contribution in [2.45, 2.75) is 33.7 Å². The number of nitrogens with zero attached hydrogens (tertiary/aromatic N) is 1. The summed E-state index contributed by atoms with van der Waals surface area (Å²) in [6.45, 7) is 6.78. The minimum absolute atomic E-state index is 0.0716. The molecule has 0 aromatic carbocycles. The average molecular weight is 291 g/mol. The monoisotopic (exact) mass is 291 g/mol. The summed E-state index contributed by atoms with van der Waals surface area (Å²) < 4.78 is 23.0. The summed E-state index contributed by atoms with van der Waals surface area (Å²) in [5.74, 6) is -3.02. The number of sulfone groups is 1. The summed E-state index contributed by atoms with van der Waals surface area (Å²) in [4.78, 5) is 25.0. The van der Waals surface area contributed by atoms with E-state index in [-0.39, 0.29) is 18.1 Å². The van der Waals surface area contributed by atoms with Crippen molar-refractivity contribution in [2.75, 3.05) is 18.1 Å². The molecule has 0 aromatic rings. The molecule has 0 saturated carbocycles. The van der Waals surface area contributed by atoms with Gasteiger partial charge in [0, 0.05) is 12.6 Å². The van der Waals surface area contributed by atoms with Gasteiger partial charge in [0.05, 0.1) is 11.5 Å². The van der Waals surface area contributed by atoms with Gasteiger partial charge in [0.25, 0.3) is 0 Å². The number of carboxylic acid groups (broad SMARTS) is 1. The third-order valence-electron chi connectivity index (χ3n) is 3.31. The van der Waals surface area contributed by atoms with Crippen LogP contribution in [0.15, 0.2) is 0 Å². The average Bonchev–Trinajstić information content (AvgIpc) is 2.11. The van der Waals surface area contributed by atoms with E-state index in [0.717, 1.165) is 0 Å². The molecule has 6 nitrogen and oxygen atoms in total. The fourth-order valence-electron chi connectivity index (χ4n) is 2.34. The zero-order chi connectivity index (χ0) is 15.0. The molecule has 1 rings (SSSR count). The predicted octanol–water partition coefficient (Wildman–Crippen LogP) is 0.379. The van der Waals surface area contributed by atoms with Gasteiger partial charge in [-0.3, -0.25) is 9.59 Å². The second kappa shape index (κ2) is 5.11. The van der Waals surface area contributed by atoms with Crippen LogP contribution in [0, 0.1) is 11.3 Å². The Labute approximate surface area is 113 Å². The van der Waals surface area contributed by atoms with Crippen LogP contribution >= 0.6 is 0 Å². The van der Waals surface area contributed by atoms with Crippen LogP contribution in [0.4, 0.5) is 0 Å². The van der Waals surface area contributed by atoms with Gasteiger partial charge in [-0.1, -0.05) is 20.8 Å². The molecule has 1 saturated heterocycles. The Hall–Kier alpha value is -1.11. The second-order valence-electron chi connectivity index (χ2n) is 6.13. The molecule has 0 aromatic heterocycles. The van der Waals surface area contributed by atoms with Crippen LogP contribution in [0.25, 0.3) is 0 Å². The van der Waals surface area contributed by atoms with Gasteiger partial charge in [0.2, 0.25) is 5.91 Å². The van der Waals surface area contributed by atoms with Crippen LogP contribution in [-0.2, 0) is 19.4 Å². The van der Waals surface area contributed by atoms with Crippen molar-refractivity contribution in [2.24, 2.45) is 11.3 Å². The molecule has 7 heteroatoms. The van der Waals surface area contributed by atoms with Crippen molar-refractivity contribution in [3.8, 4) is 0 Å². The lowest BCUT2D eigenvalue weighted by molar-refractivity contribution is -0.156. The summed E-state index contributed by atoms with van der Waals surface area (Å²) in [6.07, 6.45) is 0. The molecular formula is C12H21NO5S. The maximum absolute atomic E-state index is 12.4. The van der Waals surface area contributed by atoms with Gasteiger partial charge < -0.3 is 10.0 Å². The van der Waals surface area contributed by atoms with Crippen LogP contribution in [0.2, 0.25) is 0 Å². The van der Waals surface area contributed by atoms with E-state index in [4.69, 9.17) is 0 Å². The third kappa shape index (κ3) is 3.68. The summed E-state index contributed by atoms with van der Waals surface area (Å²) in [7, 11) is -3.12. The van der Waals surface area contributed by atoms with Gasteiger partial charge in [0.15, 0.2) is 9.84 Å². The molecule has 1 heterocycles. The third-order valence-corrected chi connectivity index (χ3v) is 5.11. The highest BCUT2D eigenvalue weighted by Crippen LogP contribution is 2.29. The number of aliphatic carboxylic acids is 1. The number of carbonyl (C=O) groups excluding carboxylic acids is 1. The van der Waals surface area contributed by atoms with Crippen LogP contribution in [0.1, 0.15) is 27.7 Å². The Bertz CT molecular complexity index is 477. The number of hydrogen-bond donors (Lipinski definition) is 1. The molecule has 1 fully saturated rings. The van der Waals surface area contributed by atoms with Crippen molar-refractivity contribution in [3.63, 3.8) is 0 Å². The summed E-state index contributed by atoms with van der Waals surface area (Å²) in [5.41, 5.74) is -0.709. The zero-order valence-corrected chi connectivity index (χ0v) is 12.5. The molecule has 1 aliphatic rings. The van der Waals surface area contributed by atoms with E-state index in [9.17, 15) is 23.1 Å². The second-order valence-corrected chi connectivity index (χ2v) is 8.36. The van der Waals surface area contributed by atoms with Crippen LogP contribution in [0.5, 0.6) is 0 Å². The highest BCUT2D eigenvalue weighted by Gasteiger charge is 2.43. The fraction of sp³-hybridized carbons (Fsp3) is 0.833. The number of amides is 1. The normalized spacial score (nSPS) is 24.8. The molecule has 110 valence electrons. The molecule has 0 spiro atoms. The Balaban J connectivity index is 2.97.